The largest absolute Gasteiger partial charge is 0.497 e. The van der Waals surface area contributed by atoms with Crippen molar-refractivity contribution in [2.45, 2.75) is 13.8 Å². The minimum atomic E-state index is -0.0364. The first-order valence-corrected chi connectivity index (χ1v) is 9.29. The van der Waals surface area contributed by atoms with Gasteiger partial charge in [0.25, 0.3) is 5.91 Å². The molecule has 0 saturated carbocycles. The first kappa shape index (κ1) is 19.7. The maximum Gasteiger partial charge on any atom is 0.254 e. The molecule has 0 spiro atoms. The monoisotopic (exact) mass is 386 g/mol. The number of methoxy groups -OCH3 is 2. The minimum Gasteiger partial charge on any atom is -0.497 e. The maximum absolute atomic E-state index is 12.9. The SMILES string of the molecule is CCOc1cc(N2CCN(C(=O)c3cc(OC)cc(OC)c3)CC2)nc(C)n1. The van der Waals surface area contributed by atoms with Gasteiger partial charge in [0.1, 0.15) is 23.1 Å². The van der Waals surface area contributed by atoms with Crippen LogP contribution in [0.25, 0.3) is 0 Å². The summed E-state index contributed by atoms with van der Waals surface area (Å²) >= 11 is 0. The van der Waals surface area contributed by atoms with Crippen molar-refractivity contribution in [3.8, 4) is 17.4 Å². The van der Waals surface area contributed by atoms with Crippen molar-refractivity contribution in [1.29, 1.82) is 0 Å². The average molecular weight is 386 g/mol. The second-order valence-corrected chi connectivity index (χ2v) is 6.43. The van der Waals surface area contributed by atoms with Crippen LogP contribution < -0.4 is 19.1 Å². The predicted octanol–water partition coefficient (Wildman–Crippen LogP) is 2.16. The van der Waals surface area contributed by atoms with Crippen LogP contribution in [0.5, 0.6) is 17.4 Å². The number of aromatic nitrogens is 2. The molecule has 0 N–H and O–H groups in total. The van der Waals surface area contributed by atoms with Crippen LogP contribution in [0.1, 0.15) is 23.1 Å². The number of anilines is 1. The lowest BCUT2D eigenvalue weighted by atomic mass is 10.1. The third-order valence-electron chi connectivity index (χ3n) is 4.58. The van der Waals surface area contributed by atoms with Crippen LogP contribution in [0.2, 0.25) is 0 Å². The van der Waals surface area contributed by atoms with Gasteiger partial charge in [0.2, 0.25) is 5.88 Å². The van der Waals surface area contributed by atoms with E-state index in [1.165, 1.54) is 0 Å². The van der Waals surface area contributed by atoms with Crippen LogP contribution in [0, 0.1) is 6.92 Å². The Hall–Kier alpha value is -3.03. The Balaban J connectivity index is 1.69. The van der Waals surface area contributed by atoms with Crippen LogP contribution >= 0.6 is 0 Å². The minimum absolute atomic E-state index is 0.0364. The van der Waals surface area contributed by atoms with Crippen molar-refractivity contribution in [2.75, 3.05) is 51.9 Å². The van der Waals surface area contributed by atoms with Crippen molar-refractivity contribution >= 4 is 11.7 Å². The maximum atomic E-state index is 12.9. The number of hydrogen-bond acceptors (Lipinski definition) is 7. The van der Waals surface area contributed by atoms with E-state index in [0.717, 1.165) is 5.82 Å². The van der Waals surface area contributed by atoms with Gasteiger partial charge in [-0.2, -0.15) is 4.98 Å². The van der Waals surface area contributed by atoms with Gasteiger partial charge in [0.15, 0.2) is 0 Å². The van der Waals surface area contributed by atoms with Crippen molar-refractivity contribution in [1.82, 2.24) is 14.9 Å². The zero-order valence-electron chi connectivity index (χ0n) is 16.8. The number of piperazine rings is 1. The highest BCUT2D eigenvalue weighted by Gasteiger charge is 2.24. The zero-order chi connectivity index (χ0) is 20.1. The molecule has 3 rings (SSSR count). The molecule has 1 aromatic carbocycles. The molecular formula is C20H26N4O4. The Morgan fingerprint density at radius 1 is 1.00 bits per heavy atom. The van der Waals surface area contributed by atoms with Crippen LogP contribution in [0.4, 0.5) is 5.82 Å². The van der Waals surface area contributed by atoms with E-state index in [2.05, 4.69) is 14.9 Å². The molecule has 8 nitrogen and oxygen atoms in total. The molecule has 0 atom stereocenters. The number of nitrogens with zero attached hydrogens (tertiary/aromatic N) is 4. The second-order valence-electron chi connectivity index (χ2n) is 6.43. The van der Waals surface area contributed by atoms with E-state index in [0.29, 0.717) is 61.6 Å². The number of carbonyl (C=O) groups excluding carboxylic acids is 1. The Bertz CT molecular complexity index is 813. The highest BCUT2D eigenvalue weighted by molar-refractivity contribution is 5.95. The highest BCUT2D eigenvalue weighted by atomic mass is 16.5. The van der Waals surface area contributed by atoms with Gasteiger partial charge >= 0.3 is 0 Å². The Kier molecular flexibility index (Phi) is 6.18. The molecule has 0 radical (unpaired) electrons. The number of ether oxygens (including phenoxy) is 3. The summed E-state index contributed by atoms with van der Waals surface area (Å²) in [6.45, 7) is 6.92. The molecule has 1 aromatic heterocycles. The summed E-state index contributed by atoms with van der Waals surface area (Å²) in [4.78, 5) is 25.7. The van der Waals surface area contributed by atoms with Gasteiger partial charge in [-0.25, -0.2) is 4.98 Å². The molecule has 0 aliphatic carbocycles. The Labute approximate surface area is 165 Å². The topological polar surface area (TPSA) is 77.0 Å². The van der Waals surface area contributed by atoms with Gasteiger partial charge in [-0.3, -0.25) is 4.79 Å². The van der Waals surface area contributed by atoms with Gasteiger partial charge in [-0.1, -0.05) is 0 Å². The molecule has 150 valence electrons. The lowest BCUT2D eigenvalue weighted by molar-refractivity contribution is 0.0745. The number of carbonyl (C=O) groups is 1. The van der Waals surface area contributed by atoms with Gasteiger partial charge in [-0.15, -0.1) is 0 Å². The molecule has 1 fully saturated rings. The molecule has 2 aromatic rings. The summed E-state index contributed by atoms with van der Waals surface area (Å²) in [5.41, 5.74) is 0.557. The van der Waals surface area contributed by atoms with Crippen LogP contribution in [0.3, 0.4) is 0 Å². The van der Waals surface area contributed by atoms with Crippen LogP contribution in [-0.2, 0) is 0 Å². The van der Waals surface area contributed by atoms with Crippen LogP contribution in [-0.4, -0.2) is 67.8 Å². The normalized spacial score (nSPS) is 14.0. The molecule has 0 unspecified atom stereocenters. The third-order valence-corrected chi connectivity index (χ3v) is 4.58. The zero-order valence-corrected chi connectivity index (χ0v) is 16.8. The standard InChI is InChI=1S/C20H26N4O4/c1-5-28-19-13-18(21-14(2)22-19)23-6-8-24(9-7-23)20(25)15-10-16(26-3)12-17(11-15)27-4/h10-13H,5-9H2,1-4H3. The molecule has 28 heavy (non-hydrogen) atoms. The molecule has 1 saturated heterocycles. The van der Waals surface area contributed by atoms with Gasteiger partial charge in [-0.05, 0) is 26.0 Å². The fourth-order valence-electron chi connectivity index (χ4n) is 3.16. The summed E-state index contributed by atoms with van der Waals surface area (Å²) in [7, 11) is 3.14. The number of rotatable bonds is 6. The summed E-state index contributed by atoms with van der Waals surface area (Å²) < 4.78 is 16.0. The molecule has 2 heterocycles. The summed E-state index contributed by atoms with van der Waals surface area (Å²) in [5, 5.41) is 0. The number of aryl methyl sites for hydroxylation is 1. The number of hydrogen-bond donors (Lipinski definition) is 0. The molecule has 0 bridgehead atoms. The Morgan fingerprint density at radius 3 is 2.21 bits per heavy atom. The highest BCUT2D eigenvalue weighted by Crippen LogP contribution is 2.24. The fourth-order valence-corrected chi connectivity index (χ4v) is 3.16. The van der Waals surface area contributed by atoms with Crippen molar-refractivity contribution in [3.63, 3.8) is 0 Å². The van der Waals surface area contributed by atoms with Crippen molar-refractivity contribution < 1.29 is 19.0 Å². The first-order chi connectivity index (χ1) is 13.5. The van der Waals surface area contributed by atoms with E-state index >= 15 is 0 Å². The second kappa shape index (κ2) is 8.77. The molecule has 1 aliphatic heterocycles. The third kappa shape index (κ3) is 4.44. The number of amides is 1. The lowest BCUT2D eigenvalue weighted by Crippen LogP contribution is -2.49. The molecule has 1 aliphatic rings. The van der Waals surface area contributed by atoms with Gasteiger partial charge in [0.05, 0.1) is 20.8 Å². The van der Waals surface area contributed by atoms with E-state index in [1.54, 1.807) is 32.4 Å². The number of benzene rings is 1. The molecular weight excluding hydrogens is 360 g/mol. The van der Waals surface area contributed by atoms with E-state index in [4.69, 9.17) is 14.2 Å². The molecule has 1 amide bonds. The fraction of sp³-hybridized carbons (Fsp3) is 0.450. The van der Waals surface area contributed by atoms with E-state index in [9.17, 15) is 4.79 Å². The van der Waals surface area contributed by atoms with Crippen molar-refractivity contribution in [2.24, 2.45) is 0 Å². The predicted molar refractivity (Wildman–Crippen MR) is 106 cm³/mol. The Morgan fingerprint density at radius 2 is 1.64 bits per heavy atom. The summed E-state index contributed by atoms with van der Waals surface area (Å²) in [5.74, 6) is 3.23. The first-order valence-electron chi connectivity index (χ1n) is 9.29. The summed E-state index contributed by atoms with van der Waals surface area (Å²) in [6, 6.07) is 7.07. The van der Waals surface area contributed by atoms with E-state index in [-0.39, 0.29) is 5.91 Å². The lowest BCUT2D eigenvalue weighted by Gasteiger charge is -2.35. The van der Waals surface area contributed by atoms with E-state index < -0.39 is 0 Å². The van der Waals surface area contributed by atoms with Gasteiger partial charge < -0.3 is 24.0 Å². The summed E-state index contributed by atoms with van der Waals surface area (Å²) in [6.07, 6.45) is 0. The van der Waals surface area contributed by atoms with Crippen LogP contribution in [0.15, 0.2) is 24.3 Å². The molecule has 8 heteroatoms. The average Bonchev–Trinajstić information content (AvgIpc) is 2.72. The quantitative estimate of drug-likeness (QED) is 0.753. The van der Waals surface area contributed by atoms with E-state index in [1.807, 2.05) is 24.8 Å². The smallest absolute Gasteiger partial charge is 0.254 e. The van der Waals surface area contributed by atoms with Gasteiger partial charge in [0, 0.05) is 43.9 Å². The van der Waals surface area contributed by atoms with Crippen molar-refractivity contribution in [3.05, 3.63) is 35.7 Å².